The third kappa shape index (κ3) is 3.92. The number of thiophene rings is 1. The van der Waals surface area contributed by atoms with E-state index in [2.05, 4.69) is 10.0 Å². The Morgan fingerprint density at radius 2 is 1.96 bits per heavy atom. The average Bonchev–Trinajstić information content (AvgIpc) is 3.02. The minimum atomic E-state index is -3.52. The molecule has 0 saturated heterocycles. The number of para-hydroxylation sites is 1. The molecule has 0 aliphatic heterocycles. The van der Waals surface area contributed by atoms with Crippen molar-refractivity contribution in [3.63, 3.8) is 0 Å². The second-order valence-electron chi connectivity index (χ2n) is 4.39. The van der Waals surface area contributed by atoms with Gasteiger partial charge in [0.15, 0.2) is 0 Å². The molecule has 0 saturated carbocycles. The second kappa shape index (κ2) is 6.86. The highest BCUT2D eigenvalue weighted by molar-refractivity contribution is 7.91. The Balaban J connectivity index is 2.10. The molecule has 1 aromatic heterocycles. The number of nitrogens with zero attached hydrogens (tertiary/aromatic N) is 1. The third-order valence-electron chi connectivity index (χ3n) is 2.94. The lowest BCUT2D eigenvalue weighted by molar-refractivity contribution is -0.385. The lowest BCUT2D eigenvalue weighted by Crippen LogP contribution is -2.23. The first-order valence-electron chi connectivity index (χ1n) is 6.39. The van der Waals surface area contributed by atoms with Crippen LogP contribution in [0.3, 0.4) is 0 Å². The summed E-state index contributed by atoms with van der Waals surface area (Å²) < 4.78 is 25.6. The molecule has 1 heterocycles. The fourth-order valence-corrected chi connectivity index (χ4v) is 3.92. The zero-order chi connectivity index (χ0) is 17.0. The summed E-state index contributed by atoms with van der Waals surface area (Å²) in [6, 6.07) is 8.63. The number of sulfonamides is 1. The smallest absolute Gasteiger partial charge is 0.282 e. The number of hydrogen-bond donors (Lipinski definition) is 2. The fraction of sp³-hybridized carbons (Fsp3) is 0.154. The Morgan fingerprint density at radius 3 is 2.61 bits per heavy atom. The first-order chi connectivity index (χ1) is 10.8. The molecule has 8 nitrogen and oxygen atoms in total. The van der Waals surface area contributed by atoms with Gasteiger partial charge in [0.05, 0.1) is 11.5 Å². The van der Waals surface area contributed by atoms with E-state index in [1.54, 1.807) is 6.07 Å². The maximum Gasteiger partial charge on any atom is 0.282 e. The van der Waals surface area contributed by atoms with Gasteiger partial charge < -0.3 is 5.32 Å². The summed E-state index contributed by atoms with van der Waals surface area (Å²) in [5.41, 5.74) is -0.327. The number of rotatable bonds is 6. The Labute approximate surface area is 136 Å². The van der Waals surface area contributed by atoms with Gasteiger partial charge in [-0.2, -0.15) is 0 Å². The normalized spacial score (nSPS) is 11.2. The summed E-state index contributed by atoms with van der Waals surface area (Å²) in [6.45, 7) is 0.0782. The van der Waals surface area contributed by atoms with Crippen LogP contribution in [-0.4, -0.2) is 26.3 Å². The van der Waals surface area contributed by atoms with E-state index in [0.29, 0.717) is 4.88 Å². The third-order valence-corrected chi connectivity index (χ3v) is 5.93. The van der Waals surface area contributed by atoms with Crippen molar-refractivity contribution in [2.24, 2.45) is 0 Å². The van der Waals surface area contributed by atoms with Gasteiger partial charge >= 0.3 is 0 Å². The molecule has 1 aromatic carbocycles. The number of amides is 1. The summed E-state index contributed by atoms with van der Waals surface area (Å²) >= 11 is 1.01. The predicted molar refractivity (Wildman–Crippen MR) is 84.8 cm³/mol. The quantitative estimate of drug-likeness (QED) is 0.601. The number of nitro benzene ring substituents is 1. The van der Waals surface area contributed by atoms with E-state index >= 15 is 0 Å². The summed E-state index contributed by atoms with van der Waals surface area (Å²) in [5.74, 6) is -0.594. The summed E-state index contributed by atoms with van der Waals surface area (Å²) in [4.78, 5) is 23.0. The number of hydrogen-bond acceptors (Lipinski definition) is 6. The van der Waals surface area contributed by atoms with Crippen molar-refractivity contribution >= 4 is 33.0 Å². The number of carbonyl (C=O) groups is 1. The van der Waals surface area contributed by atoms with Crippen LogP contribution in [-0.2, 0) is 16.6 Å². The van der Waals surface area contributed by atoms with Gasteiger partial charge in [-0.1, -0.05) is 12.1 Å². The van der Waals surface area contributed by atoms with Crippen molar-refractivity contribution in [2.75, 3.05) is 7.05 Å². The molecule has 1 amide bonds. The minimum Gasteiger partial charge on any atom is -0.347 e. The van der Waals surface area contributed by atoms with Gasteiger partial charge in [-0.3, -0.25) is 14.9 Å². The van der Waals surface area contributed by atoms with E-state index in [1.165, 1.54) is 37.4 Å². The van der Waals surface area contributed by atoms with Crippen LogP contribution in [0.25, 0.3) is 0 Å². The van der Waals surface area contributed by atoms with E-state index in [0.717, 1.165) is 11.3 Å². The average molecular weight is 355 g/mol. The highest BCUT2D eigenvalue weighted by Gasteiger charge is 2.19. The molecule has 23 heavy (non-hydrogen) atoms. The zero-order valence-corrected chi connectivity index (χ0v) is 13.6. The largest absolute Gasteiger partial charge is 0.347 e. The molecule has 0 atom stereocenters. The predicted octanol–water partition coefficient (Wildman–Crippen LogP) is 1.49. The van der Waals surface area contributed by atoms with Crippen LogP contribution in [0.5, 0.6) is 0 Å². The topological polar surface area (TPSA) is 118 Å². The molecule has 0 unspecified atom stereocenters. The molecule has 122 valence electrons. The van der Waals surface area contributed by atoms with Gasteiger partial charge in [-0.15, -0.1) is 11.3 Å². The van der Waals surface area contributed by atoms with Gasteiger partial charge in [0.2, 0.25) is 10.0 Å². The van der Waals surface area contributed by atoms with E-state index in [9.17, 15) is 23.3 Å². The monoisotopic (exact) mass is 355 g/mol. The lowest BCUT2D eigenvalue weighted by atomic mass is 10.1. The number of benzene rings is 1. The molecular formula is C13H13N3O5S2. The number of nitro groups is 1. The van der Waals surface area contributed by atoms with Crippen molar-refractivity contribution in [2.45, 2.75) is 10.8 Å². The van der Waals surface area contributed by atoms with Crippen molar-refractivity contribution in [3.8, 4) is 0 Å². The van der Waals surface area contributed by atoms with E-state index in [4.69, 9.17) is 0 Å². The van der Waals surface area contributed by atoms with Crippen LogP contribution in [0.1, 0.15) is 15.2 Å². The van der Waals surface area contributed by atoms with Gasteiger partial charge in [0.25, 0.3) is 11.6 Å². The van der Waals surface area contributed by atoms with Crippen molar-refractivity contribution < 1.29 is 18.1 Å². The van der Waals surface area contributed by atoms with Crippen LogP contribution >= 0.6 is 11.3 Å². The van der Waals surface area contributed by atoms with E-state index in [-0.39, 0.29) is 22.0 Å². The van der Waals surface area contributed by atoms with Crippen LogP contribution in [0, 0.1) is 10.1 Å². The second-order valence-corrected chi connectivity index (χ2v) is 7.67. The van der Waals surface area contributed by atoms with E-state index < -0.39 is 20.9 Å². The van der Waals surface area contributed by atoms with Gasteiger partial charge in [0.1, 0.15) is 9.77 Å². The Morgan fingerprint density at radius 1 is 1.26 bits per heavy atom. The molecule has 10 heteroatoms. The molecule has 0 spiro atoms. The molecule has 0 fully saturated rings. The standard InChI is InChI=1S/C13H13N3O5S2/c1-14-23(20,21)12-7-6-9(22-12)8-15-13(17)10-4-2-3-5-11(10)16(18)19/h2-7,14H,8H2,1H3,(H,15,17). The molecule has 0 aliphatic carbocycles. The maximum absolute atomic E-state index is 12.1. The Hall–Kier alpha value is -2.30. The molecular weight excluding hydrogens is 342 g/mol. The number of nitrogens with one attached hydrogen (secondary N) is 2. The van der Waals surface area contributed by atoms with Crippen molar-refractivity contribution in [1.82, 2.24) is 10.0 Å². The highest BCUT2D eigenvalue weighted by atomic mass is 32.2. The summed E-state index contributed by atoms with van der Waals surface area (Å²) in [6.07, 6.45) is 0. The Bertz CT molecular complexity index is 845. The Kier molecular flexibility index (Phi) is 5.08. The van der Waals surface area contributed by atoms with E-state index in [1.807, 2.05) is 0 Å². The van der Waals surface area contributed by atoms with Crippen LogP contribution in [0.2, 0.25) is 0 Å². The zero-order valence-electron chi connectivity index (χ0n) is 12.0. The van der Waals surface area contributed by atoms with Crippen molar-refractivity contribution in [1.29, 1.82) is 0 Å². The highest BCUT2D eigenvalue weighted by Crippen LogP contribution is 2.22. The fourth-order valence-electron chi connectivity index (χ4n) is 1.79. The molecule has 2 aromatic rings. The molecule has 0 aliphatic rings. The number of carbonyl (C=O) groups excluding carboxylic acids is 1. The summed E-state index contributed by atoms with van der Waals surface area (Å²) in [7, 11) is -2.21. The first-order valence-corrected chi connectivity index (χ1v) is 8.69. The van der Waals surface area contributed by atoms with Crippen LogP contribution in [0.15, 0.2) is 40.6 Å². The first kappa shape index (κ1) is 17.1. The lowest BCUT2D eigenvalue weighted by Gasteiger charge is -2.04. The van der Waals surface area contributed by atoms with Crippen LogP contribution < -0.4 is 10.0 Å². The van der Waals surface area contributed by atoms with Gasteiger partial charge in [0, 0.05) is 10.9 Å². The van der Waals surface area contributed by atoms with Crippen LogP contribution in [0.4, 0.5) is 5.69 Å². The maximum atomic E-state index is 12.1. The van der Waals surface area contributed by atoms with Gasteiger partial charge in [-0.25, -0.2) is 13.1 Å². The van der Waals surface area contributed by atoms with Gasteiger partial charge in [-0.05, 0) is 25.2 Å². The molecule has 0 bridgehead atoms. The molecule has 0 radical (unpaired) electrons. The SMILES string of the molecule is CNS(=O)(=O)c1ccc(CNC(=O)c2ccccc2[N+](=O)[O-])s1. The molecule has 2 rings (SSSR count). The van der Waals surface area contributed by atoms with Crippen molar-refractivity contribution in [3.05, 3.63) is 57.0 Å². The minimum absolute atomic E-state index is 0.0443. The molecule has 2 N–H and O–H groups in total. The summed E-state index contributed by atoms with van der Waals surface area (Å²) in [5, 5.41) is 13.4.